The van der Waals surface area contributed by atoms with E-state index < -0.39 is 10.0 Å². The zero-order valence-corrected chi connectivity index (χ0v) is 14.7. The lowest BCUT2D eigenvalue weighted by Gasteiger charge is -2.23. The van der Waals surface area contributed by atoms with Crippen molar-refractivity contribution in [1.82, 2.24) is 9.62 Å². The number of benzene rings is 2. The van der Waals surface area contributed by atoms with Crippen molar-refractivity contribution in [1.29, 1.82) is 0 Å². The van der Waals surface area contributed by atoms with Crippen molar-refractivity contribution in [3.05, 3.63) is 54.1 Å². The van der Waals surface area contributed by atoms with Crippen LogP contribution in [0, 0.1) is 6.92 Å². The third-order valence-corrected chi connectivity index (χ3v) is 6.20. The lowest BCUT2D eigenvalue weighted by atomic mass is 10.2. The summed E-state index contributed by atoms with van der Waals surface area (Å²) >= 11 is 0. The maximum Gasteiger partial charge on any atom is 0.243 e. The fourth-order valence-electron chi connectivity index (χ4n) is 2.81. The number of hydrogen-bond acceptors (Lipinski definition) is 4. The van der Waals surface area contributed by atoms with Crippen molar-refractivity contribution >= 4 is 10.0 Å². The molecule has 128 valence electrons. The maximum absolute atomic E-state index is 12.7. The van der Waals surface area contributed by atoms with Gasteiger partial charge >= 0.3 is 0 Å². The number of nitrogens with one attached hydrogen (secondary N) is 1. The van der Waals surface area contributed by atoms with Crippen LogP contribution in [0.2, 0.25) is 0 Å². The molecule has 3 rings (SSSR count). The summed E-state index contributed by atoms with van der Waals surface area (Å²) in [5, 5.41) is 3.19. The molecule has 2 aromatic rings. The van der Waals surface area contributed by atoms with Gasteiger partial charge in [0, 0.05) is 19.6 Å². The first-order valence-electron chi connectivity index (χ1n) is 8.00. The average molecular weight is 346 g/mol. The van der Waals surface area contributed by atoms with Crippen LogP contribution in [-0.2, 0) is 10.0 Å². The van der Waals surface area contributed by atoms with Crippen LogP contribution < -0.4 is 10.1 Å². The zero-order valence-electron chi connectivity index (χ0n) is 13.9. The van der Waals surface area contributed by atoms with E-state index >= 15 is 0 Å². The fourth-order valence-corrected chi connectivity index (χ4v) is 4.19. The number of rotatable bonds is 5. The summed E-state index contributed by atoms with van der Waals surface area (Å²) in [5.74, 6) is 1.35. The number of ether oxygens (including phenoxy) is 1. The number of likely N-dealkylation sites (N-methyl/N-ethyl adjacent to an activating group) is 1. The summed E-state index contributed by atoms with van der Waals surface area (Å²) in [6.07, 6.45) is 0.838. The molecule has 1 saturated heterocycles. The number of aryl methyl sites for hydroxylation is 1. The molecule has 0 bridgehead atoms. The van der Waals surface area contributed by atoms with Gasteiger partial charge < -0.3 is 10.1 Å². The Balaban J connectivity index is 1.76. The van der Waals surface area contributed by atoms with Gasteiger partial charge in [-0.2, -0.15) is 4.31 Å². The topological polar surface area (TPSA) is 58.6 Å². The van der Waals surface area contributed by atoms with E-state index in [1.165, 1.54) is 4.31 Å². The Morgan fingerprint density at radius 3 is 2.50 bits per heavy atom. The summed E-state index contributed by atoms with van der Waals surface area (Å²) in [7, 11) is -1.84. The molecule has 1 atom stereocenters. The number of sulfonamides is 1. The van der Waals surface area contributed by atoms with E-state index in [-0.39, 0.29) is 10.9 Å². The molecule has 5 nitrogen and oxygen atoms in total. The molecule has 1 heterocycles. The second-order valence-electron chi connectivity index (χ2n) is 6.06. The van der Waals surface area contributed by atoms with E-state index in [1.54, 1.807) is 31.3 Å². The Bertz CT molecular complexity index is 797. The molecular weight excluding hydrogens is 324 g/mol. The van der Waals surface area contributed by atoms with E-state index in [0.717, 1.165) is 24.3 Å². The van der Waals surface area contributed by atoms with Crippen LogP contribution in [0.15, 0.2) is 53.4 Å². The lowest BCUT2D eigenvalue weighted by molar-refractivity contribution is 0.387. The lowest BCUT2D eigenvalue weighted by Crippen LogP contribution is -2.38. The van der Waals surface area contributed by atoms with E-state index in [9.17, 15) is 8.42 Å². The molecule has 1 N–H and O–H groups in total. The highest BCUT2D eigenvalue weighted by atomic mass is 32.2. The maximum atomic E-state index is 12.7. The molecule has 0 amide bonds. The molecule has 0 spiro atoms. The van der Waals surface area contributed by atoms with Gasteiger partial charge in [0.05, 0.1) is 4.90 Å². The van der Waals surface area contributed by atoms with Crippen LogP contribution in [0.4, 0.5) is 0 Å². The predicted octanol–water partition coefficient (Wildman–Crippen LogP) is 2.77. The van der Waals surface area contributed by atoms with Crippen LogP contribution in [0.5, 0.6) is 11.5 Å². The van der Waals surface area contributed by atoms with Crippen LogP contribution in [0.3, 0.4) is 0 Å². The second-order valence-corrected chi connectivity index (χ2v) is 8.06. The van der Waals surface area contributed by atoms with Gasteiger partial charge in [-0.1, -0.05) is 12.1 Å². The summed E-state index contributed by atoms with van der Waals surface area (Å²) in [6.45, 7) is 3.55. The van der Waals surface area contributed by atoms with E-state index in [0.29, 0.717) is 12.3 Å². The molecular formula is C18H22N2O3S. The molecule has 24 heavy (non-hydrogen) atoms. The highest BCUT2D eigenvalue weighted by Gasteiger charge is 2.29. The van der Waals surface area contributed by atoms with E-state index in [1.807, 2.05) is 31.2 Å². The standard InChI is InChI=1S/C18H22N2O3S/c1-14-4-3-5-17(12-14)23-16-6-8-18(9-7-16)24(21,22)20(2)15-10-11-19-13-15/h3-9,12,15,19H,10-11,13H2,1-2H3. The van der Waals surface area contributed by atoms with Gasteiger partial charge in [-0.05, 0) is 61.9 Å². The third-order valence-electron chi connectivity index (χ3n) is 4.27. The van der Waals surface area contributed by atoms with Crippen LogP contribution in [0.1, 0.15) is 12.0 Å². The minimum Gasteiger partial charge on any atom is -0.457 e. The summed E-state index contributed by atoms with van der Waals surface area (Å²) in [5.41, 5.74) is 1.11. The first-order valence-corrected chi connectivity index (χ1v) is 9.44. The second kappa shape index (κ2) is 6.93. The molecule has 0 radical (unpaired) electrons. The molecule has 0 aliphatic carbocycles. The van der Waals surface area contributed by atoms with Gasteiger partial charge in [-0.25, -0.2) is 8.42 Å². The monoisotopic (exact) mass is 346 g/mol. The predicted molar refractivity (Wildman–Crippen MR) is 93.9 cm³/mol. The van der Waals surface area contributed by atoms with Crippen LogP contribution in [0.25, 0.3) is 0 Å². The first kappa shape index (κ1) is 17.0. The van der Waals surface area contributed by atoms with Crippen molar-refractivity contribution in [2.75, 3.05) is 20.1 Å². The highest BCUT2D eigenvalue weighted by molar-refractivity contribution is 7.89. The number of nitrogens with zero attached hydrogens (tertiary/aromatic N) is 1. The molecule has 1 aliphatic rings. The Kier molecular flexibility index (Phi) is 4.89. The molecule has 1 fully saturated rings. The van der Waals surface area contributed by atoms with Crippen molar-refractivity contribution < 1.29 is 13.2 Å². The van der Waals surface area contributed by atoms with Crippen molar-refractivity contribution in [2.45, 2.75) is 24.3 Å². The van der Waals surface area contributed by atoms with Crippen LogP contribution in [-0.4, -0.2) is 38.9 Å². The van der Waals surface area contributed by atoms with Crippen LogP contribution >= 0.6 is 0 Å². The van der Waals surface area contributed by atoms with Crippen molar-refractivity contribution in [3.63, 3.8) is 0 Å². The third kappa shape index (κ3) is 3.61. The highest BCUT2D eigenvalue weighted by Crippen LogP contribution is 2.25. The Hall–Kier alpha value is -1.89. The van der Waals surface area contributed by atoms with Gasteiger partial charge in [-0.15, -0.1) is 0 Å². The average Bonchev–Trinajstić information content (AvgIpc) is 3.09. The molecule has 1 unspecified atom stereocenters. The number of hydrogen-bond donors (Lipinski definition) is 1. The van der Waals surface area contributed by atoms with Gasteiger partial charge in [0.25, 0.3) is 0 Å². The van der Waals surface area contributed by atoms with Crippen molar-refractivity contribution in [3.8, 4) is 11.5 Å². The molecule has 0 aromatic heterocycles. The molecule has 6 heteroatoms. The fraction of sp³-hybridized carbons (Fsp3) is 0.333. The summed E-state index contributed by atoms with van der Waals surface area (Å²) in [4.78, 5) is 0.286. The largest absolute Gasteiger partial charge is 0.457 e. The Morgan fingerprint density at radius 2 is 1.88 bits per heavy atom. The van der Waals surface area contributed by atoms with Gasteiger partial charge in [0.15, 0.2) is 0 Å². The quantitative estimate of drug-likeness (QED) is 0.904. The van der Waals surface area contributed by atoms with Gasteiger partial charge in [0.1, 0.15) is 11.5 Å². The van der Waals surface area contributed by atoms with Gasteiger partial charge in [-0.3, -0.25) is 0 Å². The molecule has 2 aromatic carbocycles. The minimum atomic E-state index is -3.48. The summed E-state index contributed by atoms with van der Waals surface area (Å²) < 4.78 is 32.6. The summed E-state index contributed by atoms with van der Waals surface area (Å²) in [6, 6.07) is 14.3. The zero-order chi connectivity index (χ0) is 17.2. The first-order chi connectivity index (χ1) is 11.5. The van der Waals surface area contributed by atoms with E-state index in [4.69, 9.17) is 4.74 Å². The molecule has 1 aliphatic heterocycles. The Morgan fingerprint density at radius 1 is 1.12 bits per heavy atom. The molecule has 0 saturated carbocycles. The minimum absolute atomic E-state index is 0.0122. The normalized spacial score (nSPS) is 18.0. The SMILES string of the molecule is Cc1cccc(Oc2ccc(S(=O)(=O)N(C)C3CCNC3)cc2)c1. The Labute approximate surface area is 143 Å². The van der Waals surface area contributed by atoms with E-state index in [2.05, 4.69) is 5.32 Å². The van der Waals surface area contributed by atoms with Gasteiger partial charge in [0.2, 0.25) is 10.0 Å². The van der Waals surface area contributed by atoms with Crippen molar-refractivity contribution in [2.24, 2.45) is 0 Å². The smallest absolute Gasteiger partial charge is 0.243 e.